The minimum Gasteiger partial charge on any atom is -0.435 e. The molecule has 74 valence electrons. The summed E-state index contributed by atoms with van der Waals surface area (Å²) < 4.78 is 13.0. The molecule has 0 bridgehead atoms. The van der Waals surface area contributed by atoms with E-state index in [1.165, 1.54) is 6.92 Å². The summed E-state index contributed by atoms with van der Waals surface area (Å²) in [4.78, 5) is 31.3. The molecule has 3 N–H and O–H groups in total. The van der Waals surface area contributed by atoms with Gasteiger partial charge in [0.2, 0.25) is 0 Å². The largest absolute Gasteiger partial charge is 0.466 e. The molecule has 0 aromatic carbocycles. The first-order valence-corrected chi connectivity index (χ1v) is 3.90. The Morgan fingerprint density at radius 2 is 1.75 bits per heavy atom. The van der Waals surface area contributed by atoms with Crippen LogP contribution in [-0.2, 0) is 14.1 Å². The summed E-state index contributed by atoms with van der Waals surface area (Å²) in [5.74, 6) is -0.329. The Morgan fingerprint density at radius 1 is 1.50 bits per heavy atom. The van der Waals surface area contributed by atoms with Gasteiger partial charge in [0.25, 0.3) is 0 Å². The summed E-state index contributed by atoms with van der Waals surface area (Å²) in [7, 11) is -4.64. The second-order valence-corrected chi connectivity index (χ2v) is 2.32. The maximum atomic E-state index is 9.75. The number of ether oxygens (including phenoxy) is 1. The second kappa shape index (κ2) is 8.70. The molecule has 0 aromatic heterocycles. The Bertz CT molecular complexity index is 166. The smallest absolute Gasteiger partial charge is 0.435 e. The Balaban J connectivity index is -0.000000126. The van der Waals surface area contributed by atoms with Gasteiger partial charge in [-0.3, -0.25) is 4.79 Å². The van der Waals surface area contributed by atoms with Gasteiger partial charge in [-0.1, -0.05) is 6.58 Å². The van der Waals surface area contributed by atoms with Crippen molar-refractivity contribution in [2.24, 2.45) is 0 Å². The van der Waals surface area contributed by atoms with Crippen LogP contribution in [0.15, 0.2) is 12.8 Å². The standard InChI is InChI=1S/C4H6O2.ClH.H3O4P/c1-3-6-4(2)5;;1-5(2,3)4/h3H,1H2,2H3;1H;(H3,1,2,3,4). The first-order chi connectivity index (χ1) is 4.77. The highest BCUT2D eigenvalue weighted by Crippen LogP contribution is 2.25. The predicted molar refractivity (Wildman–Crippen MR) is 43.5 cm³/mol. The van der Waals surface area contributed by atoms with E-state index in [1.807, 2.05) is 0 Å². The first-order valence-electron chi connectivity index (χ1n) is 2.33. The molecular formula is C4H10ClO6P. The molecule has 0 aliphatic carbocycles. The van der Waals surface area contributed by atoms with Crippen LogP contribution in [0.1, 0.15) is 6.92 Å². The topological polar surface area (TPSA) is 104 Å². The van der Waals surface area contributed by atoms with Crippen molar-refractivity contribution in [3.63, 3.8) is 0 Å². The van der Waals surface area contributed by atoms with Crippen molar-refractivity contribution in [2.75, 3.05) is 0 Å². The third kappa shape index (κ3) is 105. The van der Waals surface area contributed by atoms with Crippen LogP contribution in [0.3, 0.4) is 0 Å². The fourth-order valence-electron chi connectivity index (χ4n) is 0.117. The van der Waals surface area contributed by atoms with E-state index >= 15 is 0 Å². The minimum atomic E-state index is -4.64. The van der Waals surface area contributed by atoms with E-state index < -0.39 is 7.82 Å². The number of hydrogen-bond donors (Lipinski definition) is 3. The summed E-state index contributed by atoms with van der Waals surface area (Å²) in [6.07, 6.45) is 1.10. The molecule has 0 fully saturated rings. The molecular weight excluding hydrogens is 210 g/mol. The zero-order chi connectivity index (χ0) is 9.49. The SMILES string of the molecule is C=COC(C)=O.Cl.O=P(O)(O)O. The van der Waals surface area contributed by atoms with Gasteiger partial charge in [-0.15, -0.1) is 12.4 Å². The van der Waals surface area contributed by atoms with Gasteiger partial charge in [0, 0.05) is 6.92 Å². The van der Waals surface area contributed by atoms with Crippen molar-refractivity contribution in [2.45, 2.75) is 6.92 Å². The van der Waals surface area contributed by atoms with Crippen molar-refractivity contribution >= 4 is 26.2 Å². The third-order valence-electron chi connectivity index (χ3n) is 0.249. The minimum absolute atomic E-state index is 0. The van der Waals surface area contributed by atoms with Gasteiger partial charge in [0.15, 0.2) is 0 Å². The van der Waals surface area contributed by atoms with Crippen LogP contribution in [0, 0.1) is 0 Å². The number of hydrogen-bond acceptors (Lipinski definition) is 3. The molecule has 0 unspecified atom stereocenters. The fraction of sp³-hybridized carbons (Fsp3) is 0.250. The van der Waals surface area contributed by atoms with Crippen molar-refractivity contribution in [1.82, 2.24) is 0 Å². The fourth-order valence-corrected chi connectivity index (χ4v) is 0.117. The summed E-state index contributed by atoms with van der Waals surface area (Å²) in [6, 6.07) is 0. The zero-order valence-corrected chi connectivity index (χ0v) is 7.92. The Morgan fingerprint density at radius 3 is 1.75 bits per heavy atom. The van der Waals surface area contributed by atoms with Crippen LogP contribution in [0.2, 0.25) is 0 Å². The molecule has 0 saturated heterocycles. The Labute approximate surface area is 75.5 Å². The summed E-state index contributed by atoms with van der Waals surface area (Å²) >= 11 is 0. The van der Waals surface area contributed by atoms with Crippen molar-refractivity contribution < 1.29 is 28.8 Å². The van der Waals surface area contributed by atoms with E-state index in [2.05, 4.69) is 11.3 Å². The first kappa shape index (κ1) is 17.6. The highest BCUT2D eigenvalue weighted by Gasteiger charge is 2.00. The molecule has 0 aliphatic rings. The lowest BCUT2D eigenvalue weighted by molar-refractivity contribution is -0.135. The van der Waals surface area contributed by atoms with Gasteiger partial charge < -0.3 is 19.4 Å². The maximum Gasteiger partial charge on any atom is 0.466 e. The number of phosphoric acid groups is 1. The molecule has 6 nitrogen and oxygen atoms in total. The maximum absolute atomic E-state index is 9.75. The lowest BCUT2D eigenvalue weighted by atomic mass is 10.8. The number of carbonyl (C=O) groups is 1. The van der Waals surface area contributed by atoms with Crippen LogP contribution >= 0.6 is 20.2 Å². The summed E-state index contributed by atoms with van der Waals surface area (Å²) in [5, 5.41) is 0. The van der Waals surface area contributed by atoms with Crippen LogP contribution < -0.4 is 0 Å². The number of halogens is 1. The van der Waals surface area contributed by atoms with Gasteiger partial charge in [-0.2, -0.15) is 0 Å². The average molecular weight is 221 g/mol. The molecule has 0 amide bonds. The Kier molecular flexibility index (Phi) is 12.8. The average Bonchev–Trinajstić information content (AvgIpc) is 1.58. The molecule has 0 radical (unpaired) electrons. The van der Waals surface area contributed by atoms with E-state index in [0.29, 0.717) is 0 Å². The molecule has 0 atom stereocenters. The van der Waals surface area contributed by atoms with E-state index in [4.69, 9.17) is 19.2 Å². The second-order valence-electron chi connectivity index (χ2n) is 1.29. The lowest BCUT2D eigenvalue weighted by Crippen LogP contribution is -1.87. The van der Waals surface area contributed by atoms with Crippen LogP contribution in [-0.4, -0.2) is 20.6 Å². The molecule has 0 saturated carbocycles. The summed E-state index contributed by atoms with van der Waals surface area (Å²) in [6.45, 7) is 4.48. The number of carbonyl (C=O) groups excluding carboxylic acids is 1. The van der Waals surface area contributed by atoms with E-state index in [9.17, 15) is 4.79 Å². The van der Waals surface area contributed by atoms with Crippen LogP contribution in [0.5, 0.6) is 0 Å². The normalized spacial score (nSPS) is 8.33. The highest BCUT2D eigenvalue weighted by atomic mass is 35.5. The van der Waals surface area contributed by atoms with Gasteiger partial charge in [-0.25, -0.2) is 4.57 Å². The van der Waals surface area contributed by atoms with Crippen LogP contribution in [0.25, 0.3) is 0 Å². The highest BCUT2D eigenvalue weighted by molar-refractivity contribution is 7.45. The molecule has 0 heterocycles. The van der Waals surface area contributed by atoms with Crippen molar-refractivity contribution in [3.8, 4) is 0 Å². The van der Waals surface area contributed by atoms with Crippen LogP contribution in [0.4, 0.5) is 0 Å². The van der Waals surface area contributed by atoms with Gasteiger partial charge >= 0.3 is 13.8 Å². The van der Waals surface area contributed by atoms with E-state index in [-0.39, 0.29) is 18.4 Å². The Hall–Kier alpha value is -0.390. The lowest BCUT2D eigenvalue weighted by Gasteiger charge is -1.83. The van der Waals surface area contributed by atoms with E-state index in [1.54, 1.807) is 0 Å². The molecule has 0 aromatic rings. The van der Waals surface area contributed by atoms with Crippen molar-refractivity contribution in [1.29, 1.82) is 0 Å². The van der Waals surface area contributed by atoms with Gasteiger partial charge in [0.1, 0.15) is 0 Å². The molecule has 12 heavy (non-hydrogen) atoms. The van der Waals surface area contributed by atoms with E-state index in [0.717, 1.165) is 6.26 Å². The molecule has 0 rings (SSSR count). The van der Waals surface area contributed by atoms with Gasteiger partial charge in [0.05, 0.1) is 6.26 Å². The molecule has 0 spiro atoms. The van der Waals surface area contributed by atoms with Crippen molar-refractivity contribution in [3.05, 3.63) is 12.8 Å². The monoisotopic (exact) mass is 220 g/mol. The quantitative estimate of drug-likeness (QED) is 0.331. The van der Waals surface area contributed by atoms with Gasteiger partial charge in [-0.05, 0) is 0 Å². The number of esters is 1. The predicted octanol–water partition coefficient (Wildman–Crippen LogP) is 0.186. The summed E-state index contributed by atoms with van der Waals surface area (Å²) in [5.41, 5.74) is 0. The zero-order valence-electron chi connectivity index (χ0n) is 6.21. The number of rotatable bonds is 1. The molecule has 8 heteroatoms. The molecule has 0 aliphatic heterocycles. The third-order valence-corrected chi connectivity index (χ3v) is 0.249.